The molecule has 0 saturated carbocycles. The number of para-hydroxylation sites is 1. The quantitative estimate of drug-likeness (QED) is 0.246. The van der Waals surface area contributed by atoms with Crippen molar-refractivity contribution in [1.29, 1.82) is 0 Å². The van der Waals surface area contributed by atoms with E-state index in [2.05, 4.69) is 0 Å². The number of aliphatic hydroxyl groups excluding tert-OH is 5. The standard InChI is InChI=1S/C13H19NO7/c14-8-4-2-1-3-7(8)13(20)21-6-10(17)12(19)11(18)9(16)5-15/h1-4,9-12,15-19H,5-6,14H2/t9-,10-,11-,12-/m0/s1. The lowest BCUT2D eigenvalue weighted by atomic mass is 10.0. The van der Waals surface area contributed by atoms with Crippen molar-refractivity contribution in [3.05, 3.63) is 29.8 Å². The summed E-state index contributed by atoms with van der Waals surface area (Å²) in [6.07, 6.45) is -6.80. The molecule has 8 nitrogen and oxygen atoms in total. The van der Waals surface area contributed by atoms with Crippen molar-refractivity contribution in [1.82, 2.24) is 0 Å². The second-order valence-corrected chi connectivity index (χ2v) is 4.48. The van der Waals surface area contributed by atoms with E-state index in [4.69, 9.17) is 20.7 Å². The Morgan fingerprint density at radius 2 is 1.67 bits per heavy atom. The van der Waals surface area contributed by atoms with Gasteiger partial charge in [0, 0.05) is 5.69 Å². The smallest absolute Gasteiger partial charge is 0.340 e. The normalized spacial score (nSPS) is 16.8. The summed E-state index contributed by atoms with van der Waals surface area (Å²) in [4.78, 5) is 11.7. The molecule has 0 radical (unpaired) electrons. The van der Waals surface area contributed by atoms with E-state index in [0.29, 0.717) is 0 Å². The average molecular weight is 301 g/mol. The number of benzene rings is 1. The van der Waals surface area contributed by atoms with Gasteiger partial charge in [-0.25, -0.2) is 4.79 Å². The Labute approximate surface area is 121 Å². The van der Waals surface area contributed by atoms with Crippen LogP contribution in [-0.4, -0.2) is 69.1 Å². The highest BCUT2D eigenvalue weighted by Gasteiger charge is 2.30. The fraction of sp³-hybridized carbons (Fsp3) is 0.462. The summed E-state index contributed by atoms with van der Waals surface area (Å²) in [7, 11) is 0. The molecule has 0 aliphatic heterocycles. The second kappa shape index (κ2) is 7.91. The number of nitrogens with two attached hydrogens (primary N) is 1. The number of ether oxygens (including phenoxy) is 1. The molecule has 0 aliphatic carbocycles. The van der Waals surface area contributed by atoms with Crippen LogP contribution in [0.1, 0.15) is 10.4 Å². The highest BCUT2D eigenvalue weighted by atomic mass is 16.5. The average Bonchev–Trinajstić information content (AvgIpc) is 2.50. The second-order valence-electron chi connectivity index (χ2n) is 4.48. The van der Waals surface area contributed by atoms with Gasteiger partial charge >= 0.3 is 5.97 Å². The summed E-state index contributed by atoms with van der Waals surface area (Å²) >= 11 is 0. The van der Waals surface area contributed by atoms with Gasteiger partial charge in [-0.15, -0.1) is 0 Å². The van der Waals surface area contributed by atoms with Gasteiger partial charge in [-0.1, -0.05) is 12.1 Å². The van der Waals surface area contributed by atoms with Gasteiger partial charge in [0.2, 0.25) is 0 Å². The van der Waals surface area contributed by atoms with Gasteiger partial charge in [-0.2, -0.15) is 0 Å². The molecule has 4 atom stereocenters. The molecule has 0 unspecified atom stereocenters. The first-order valence-electron chi connectivity index (χ1n) is 6.23. The monoisotopic (exact) mass is 301 g/mol. The molecule has 118 valence electrons. The van der Waals surface area contributed by atoms with Crippen LogP contribution in [0.4, 0.5) is 5.69 Å². The number of hydrogen-bond donors (Lipinski definition) is 6. The lowest BCUT2D eigenvalue weighted by Crippen LogP contribution is -2.47. The van der Waals surface area contributed by atoms with Gasteiger partial charge < -0.3 is 36.0 Å². The van der Waals surface area contributed by atoms with Gasteiger partial charge in [-0.3, -0.25) is 0 Å². The van der Waals surface area contributed by atoms with E-state index in [1.807, 2.05) is 0 Å². The van der Waals surface area contributed by atoms with E-state index in [-0.39, 0.29) is 11.3 Å². The number of carbonyl (C=O) groups is 1. The Balaban J connectivity index is 2.55. The van der Waals surface area contributed by atoms with Crippen molar-refractivity contribution in [2.75, 3.05) is 18.9 Å². The van der Waals surface area contributed by atoms with Crippen LogP contribution in [0, 0.1) is 0 Å². The van der Waals surface area contributed by atoms with E-state index in [1.54, 1.807) is 12.1 Å². The van der Waals surface area contributed by atoms with Gasteiger partial charge in [-0.05, 0) is 12.1 Å². The van der Waals surface area contributed by atoms with E-state index in [1.165, 1.54) is 12.1 Å². The van der Waals surface area contributed by atoms with Crippen LogP contribution in [0.5, 0.6) is 0 Å². The lowest BCUT2D eigenvalue weighted by molar-refractivity contribution is -0.124. The highest BCUT2D eigenvalue weighted by Crippen LogP contribution is 2.13. The first kappa shape index (κ1) is 17.3. The number of carbonyl (C=O) groups excluding carboxylic acids is 1. The van der Waals surface area contributed by atoms with E-state index >= 15 is 0 Å². The van der Waals surface area contributed by atoms with Crippen LogP contribution >= 0.6 is 0 Å². The topological polar surface area (TPSA) is 153 Å². The number of esters is 1. The Morgan fingerprint density at radius 1 is 1.10 bits per heavy atom. The third-order valence-electron chi connectivity index (χ3n) is 2.89. The van der Waals surface area contributed by atoms with E-state index in [9.17, 15) is 20.1 Å². The molecule has 0 bridgehead atoms. The zero-order valence-corrected chi connectivity index (χ0v) is 11.2. The molecule has 1 aromatic carbocycles. The largest absolute Gasteiger partial charge is 0.459 e. The molecule has 0 aromatic heterocycles. The van der Waals surface area contributed by atoms with Gasteiger partial charge in [0.25, 0.3) is 0 Å². The molecule has 0 saturated heterocycles. The van der Waals surface area contributed by atoms with Crippen molar-refractivity contribution >= 4 is 11.7 Å². The summed E-state index contributed by atoms with van der Waals surface area (Å²) in [5, 5.41) is 46.3. The SMILES string of the molecule is Nc1ccccc1C(=O)OC[C@H](O)[C@H](O)[C@@H](O)[C@@H](O)CO. The van der Waals surface area contributed by atoms with Crippen molar-refractivity contribution in [3.8, 4) is 0 Å². The van der Waals surface area contributed by atoms with Crippen molar-refractivity contribution < 1.29 is 35.1 Å². The van der Waals surface area contributed by atoms with Crippen LogP contribution in [0.15, 0.2) is 24.3 Å². The van der Waals surface area contributed by atoms with Crippen molar-refractivity contribution in [2.45, 2.75) is 24.4 Å². The molecule has 7 N–H and O–H groups in total. The molecule has 1 aromatic rings. The van der Waals surface area contributed by atoms with E-state index < -0.39 is 43.6 Å². The lowest BCUT2D eigenvalue weighted by Gasteiger charge is -2.25. The summed E-state index contributed by atoms with van der Waals surface area (Å²) in [6.45, 7) is -1.39. The van der Waals surface area contributed by atoms with Gasteiger partial charge in [0.15, 0.2) is 0 Å². The molecular formula is C13H19NO7. The summed E-state index contributed by atoms with van der Waals surface area (Å²) in [5.74, 6) is -0.795. The maximum Gasteiger partial charge on any atom is 0.340 e. The van der Waals surface area contributed by atoms with Crippen molar-refractivity contribution in [2.24, 2.45) is 0 Å². The first-order valence-corrected chi connectivity index (χ1v) is 6.23. The molecule has 0 fully saturated rings. The molecule has 1 rings (SSSR count). The Hall–Kier alpha value is -1.71. The van der Waals surface area contributed by atoms with E-state index in [0.717, 1.165) is 0 Å². The predicted molar refractivity (Wildman–Crippen MR) is 72.2 cm³/mol. The Kier molecular flexibility index (Phi) is 6.53. The Bertz CT molecular complexity index is 468. The Morgan fingerprint density at radius 3 is 2.24 bits per heavy atom. The molecule has 0 heterocycles. The number of nitrogen functional groups attached to an aromatic ring is 1. The maximum atomic E-state index is 11.7. The number of rotatable bonds is 7. The third-order valence-corrected chi connectivity index (χ3v) is 2.89. The minimum atomic E-state index is -1.78. The fourth-order valence-electron chi connectivity index (χ4n) is 1.58. The van der Waals surface area contributed by atoms with Gasteiger partial charge in [0.05, 0.1) is 12.2 Å². The molecule has 21 heavy (non-hydrogen) atoms. The van der Waals surface area contributed by atoms with Crippen LogP contribution < -0.4 is 5.73 Å². The molecule has 0 spiro atoms. The summed E-state index contributed by atoms with van der Waals surface area (Å²) in [5.41, 5.74) is 5.89. The minimum absolute atomic E-state index is 0.107. The number of aliphatic hydroxyl groups is 5. The third kappa shape index (κ3) is 4.66. The van der Waals surface area contributed by atoms with Gasteiger partial charge in [0.1, 0.15) is 31.0 Å². The highest BCUT2D eigenvalue weighted by molar-refractivity contribution is 5.94. The van der Waals surface area contributed by atoms with Crippen molar-refractivity contribution in [3.63, 3.8) is 0 Å². The number of hydrogen-bond acceptors (Lipinski definition) is 8. The predicted octanol–water partition coefficient (Wildman–Crippen LogP) is -2.14. The first-order chi connectivity index (χ1) is 9.88. The fourth-order valence-corrected chi connectivity index (χ4v) is 1.58. The molecule has 0 aliphatic rings. The molecular weight excluding hydrogens is 282 g/mol. The summed E-state index contributed by atoms with van der Waals surface area (Å²) in [6, 6.07) is 6.16. The van der Waals surface area contributed by atoms with Crippen LogP contribution in [0.2, 0.25) is 0 Å². The zero-order chi connectivity index (χ0) is 16.0. The molecule has 8 heteroatoms. The number of anilines is 1. The zero-order valence-electron chi connectivity index (χ0n) is 11.2. The van der Waals surface area contributed by atoms with Crippen LogP contribution in [-0.2, 0) is 4.74 Å². The van der Waals surface area contributed by atoms with Crippen LogP contribution in [0.25, 0.3) is 0 Å². The van der Waals surface area contributed by atoms with Crippen LogP contribution in [0.3, 0.4) is 0 Å². The minimum Gasteiger partial charge on any atom is -0.459 e. The maximum absolute atomic E-state index is 11.7. The summed E-state index contributed by atoms with van der Waals surface area (Å²) < 4.78 is 4.77. The molecule has 0 amide bonds.